The van der Waals surface area contributed by atoms with Crippen LogP contribution in [0.2, 0.25) is 0 Å². The smallest absolute Gasteiger partial charge is 0.249 e. The first-order chi connectivity index (χ1) is 13.8. The number of anilines is 1. The number of methoxy groups -OCH3 is 2. The Labute approximate surface area is 171 Å². The maximum atomic E-state index is 12.0. The van der Waals surface area contributed by atoms with Crippen LogP contribution in [0.5, 0.6) is 11.5 Å². The number of carbonyl (C=O) groups excluding carboxylic acids is 2. The number of nitrogens with zero attached hydrogens (tertiary/aromatic N) is 1. The van der Waals surface area contributed by atoms with Crippen LogP contribution in [0.4, 0.5) is 5.69 Å². The SMILES string of the molecule is COc1ccc(NC(=O)CC(=O)NN=Cc2cc(C(C)C)c(OC)cc2C)cc1. The van der Waals surface area contributed by atoms with Crippen molar-refractivity contribution < 1.29 is 19.1 Å². The van der Waals surface area contributed by atoms with Gasteiger partial charge < -0.3 is 14.8 Å². The van der Waals surface area contributed by atoms with Gasteiger partial charge in [-0.05, 0) is 65.9 Å². The molecule has 2 N–H and O–H groups in total. The number of carbonyl (C=O) groups is 2. The van der Waals surface area contributed by atoms with Gasteiger partial charge in [0, 0.05) is 5.69 Å². The molecule has 7 heteroatoms. The van der Waals surface area contributed by atoms with Crippen molar-refractivity contribution in [3.8, 4) is 11.5 Å². The van der Waals surface area contributed by atoms with Crippen LogP contribution < -0.4 is 20.2 Å². The van der Waals surface area contributed by atoms with Crippen molar-refractivity contribution in [3.05, 3.63) is 53.1 Å². The summed E-state index contributed by atoms with van der Waals surface area (Å²) in [6.07, 6.45) is 1.24. The number of nitrogens with one attached hydrogen (secondary N) is 2. The van der Waals surface area contributed by atoms with Crippen molar-refractivity contribution in [1.82, 2.24) is 5.43 Å². The van der Waals surface area contributed by atoms with E-state index >= 15 is 0 Å². The highest BCUT2D eigenvalue weighted by Gasteiger charge is 2.11. The zero-order chi connectivity index (χ0) is 21.4. The predicted molar refractivity (Wildman–Crippen MR) is 114 cm³/mol. The summed E-state index contributed by atoms with van der Waals surface area (Å²) in [5.74, 6) is 0.875. The molecule has 0 atom stereocenters. The standard InChI is InChI=1S/C22H27N3O4/c1-14(2)19-11-16(15(3)10-20(19)29-5)13-23-25-22(27)12-21(26)24-17-6-8-18(28-4)9-7-17/h6-11,13-14H,12H2,1-5H3,(H,24,26)(H,25,27). The van der Waals surface area contributed by atoms with E-state index in [0.29, 0.717) is 11.4 Å². The molecule has 0 spiro atoms. The monoisotopic (exact) mass is 397 g/mol. The summed E-state index contributed by atoms with van der Waals surface area (Å²) < 4.78 is 10.5. The summed E-state index contributed by atoms with van der Waals surface area (Å²) in [4.78, 5) is 24.0. The van der Waals surface area contributed by atoms with Crippen LogP contribution in [0, 0.1) is 6.92 Å². The fourth-order valence-electron chi connectivity index (χ4n) is 2.72. The first-order valence-corrected chi connectivity index (χ1v) is 9.28. The van der Waals surface area contributed by atoms with E-state index in [9.17, 15) is 9.59 Å². The minimum Gasteiger partial charge on any atom is -0.497 e. The molecule has 0 saturated carbocycles. The molecule has 154 valence electrons. The maximum Gasteiger partial charge on any atom is 0.249 e. The van der Waals surface area contributed by atoms with E-state index in [1.165, 1.54) is 0 Å². The topological polar surface area (TPSA) is 89.0 Å². The zero-order valence-corrected chi connectivity index (χ0v) is 17.4. The molecule has 7 nitrogen and oxygen atoms in total. The minimum atomic E-state index is -0.498. The predicted octanol–water partition coefficient (Wildman–Crippen LogP) is 3.61. The highest BCUT2D eigenvalue weighted by atomic mass is 16.5. The molecule has 2 aromatic carbocycles. The highest BCUT2D eigenvalue weighted by molar-refractivity contribution is 6.03. The van der Waals surface area contributed by atoms with E-state index < -0.39 is 11.8 Å². The Hall–Kier alpha value is -3.35. The molecule has 0 heterocycles. The quantitative estimate of drug-likeness (QED) is 0.405. The van der Waals surface area contributed by atoms with Gasteiger partial charge in [-0.1, -0.05) is 13.8 Å². The average Bonchev–Trinajstić information content (AvgIpc) is 2.69. The highest BCUT2D eigenvalue weighted by Crippen LogP contribution is 2.29. The molecule has 2 rings (SSSR count). The molecular formula is C22H27N3O4. The number of rotatable bonds is 8. The van der Waals surface area contributed by atoms with E-state index in [4.69, 9.17) is 9.47 Å². The van der Waals surface area contributed by atoms with Crippen LogP contribution in [0.1, 0.15) is 42.9 Å². The lowest BCUT2D eigenvalue weighted by molar-refractivity contribution is -0.126. The van der Waals surface area contributed by atoms with Crippen molar-refractivity contribution >= 4 is 23.7 Å². The Kier molecular flexibility index (Phi) is 7.77. The molecule has 0 saturated heterocycles. The Bertz CT molecular complexity index is 890. The van der Waals surface area contributed by atoms with Crippen molar-refractivity contribution in [2.45, 2.75) is 33.1 Å². The number of hydrazone groups is 1. The summed E-state index contributed by atoms with van der Waals surface area (Å²) in [5.41, 5.74) is 5.88. The molecule has 0 fully saturated rings. The Morgan fingerprint density at radius 1 is 1.07 bits per heavy atom. The van der Waals surface area contributed by atoms with Crippen molar-refractivity contribution in [3.63, 3.8) is 0 Å². The summed E-state index contributed by atoms with van der Waals surface area (Å²) >= 11 is 0. The van der Waals surface area contributed by atoms with E-state index in [2.05, 4.69) is 29.7 Å². The third kappa shape index (κ3) is 6.34. The molecule has 0 aliphatic rings. The molecule has 29 heavy (non-hydrogen) atoms. The van der Waals surface area contributed by atoms with Crippen LogP contribution in [0.25, 0.3) is 0 Å². The third-order valence-corrected chi connectivity index (χ3v) is 4.33. The molecule has 0 bridgehead atoms. The number of aryl methyl sites for hydroxylation is 1. The second-order valence-electron chi connectivity index (χ2n) is 6.85. The first-order valence-electron chi connectivity index (χ1n) is 9.28. The van der Waals surface area contributed by atoms with Crippen LogP contribution in [-0.4, -0.2) is 32.2 Å². The van der Waals surface area contributed by atoms with Gasteiger partial charge >= 0.3 is 0 Å². The summed E-state index contributed by atoms with van der Waals surface area (Å²) in [7, 11) is 3.21. The van der Waals surface area contributed by atoms with Crippen molar-refractivity contribution in [1.29, 1.82) is 0 Å². The van der Waals surface area contributed by atoms with Gasteiger partial charge in [-0.25, -0.2) is 5.43 Å². The molecule has 0 aliphatic carbocycles. The fraction of sp³-hybridized carbons (Fsp3) is 0.318. The number of hydrogen-bond donors (Lipinski definition) is 2. The number of ether oxygens (including phenoxy) is 2. The van der Waals surface area contributed by atoms with Crippen molar-refractivity contribution in [2.24, 2.45) is 5.10 Å². The molecule has 2 amide bonds. The van der Waals surface area contributed by atoms with Crippen molar-refractivity contribution in [2.75, 3.05) is 19.5 Å². The van der Waals surface area contributed by atoms with Gasteiger partial charge in [0.1, 0.15) is 17.9 Å². The summed E-state index contributed by atoms with van der Waals surface area (Å²) in [6, 6.07) is 10.8. The van der Waals surface area contributed by atoms with Gasteiger partial charge in [-0.2, -0.15) is 5.10 Å². The van der Waals surface area contributed by atoms with Gasteiger partial charge in [0.2, 0.25) is 11.8 Å². The minimum absolute atomic E-state index is 0.286. The largest absolute Gasteiger partial charge is 0.497 e. The van der Waals surface area contributed by atoms with Gasteiger partial charge in [-0.3, -0.25) is 9.59 Å². The maximum absolute atomic E-state index is 12.0. The molecule has 0 aliphatic heterocycles. The second kappa shape index (κ2) is 10.3. The molecule has 0 radical (unpaired) electrons. The van der Waals surface area contributed by atoms with E-state index in [1.54, 1.807) is 44.7 Å². The third-order valence-electron chi connectivity index (χ3n) is 4.33. The van der Waals surface area contributed by atoms with Crippen LogP contribution in [0.3, 0.4) is 0 Å². The normalized spacial score (nSPS) is 10.8. The Balaban J connectivity index is 1.93. The summed E-state index contributed by atoms with van der Waals surface area (Å²) in [6.45, 7) is 6.10. The van der Waals surface area contributed by atoms with Gasteiger partial charge in [0.15, 0.2) is 0 Å². The van der Waals surface area contributed by atoms with E-state index in [0.717, 1.165) is 22.4 Å². The lowest BCUT2D eigenvalue weighted by Crippen LogP contribution is -2.24. The number of benzene rings is 2. The number of amides is 2. The first kappa shape index (κ1) is 21.9. The molecular weight excluding hydrogens is 370 g/mol. The van der Waals surface area contributed by atoms with Gasteiger partial charge in [0.05, 0.1) is 20.4 Å². The average molecular weight is 397 g/mol. The van der Waals surface area contributed by atoms with Crippen LogP contribution >= 0.6 is 0 Å². The summed E-state index contributed by atoms with van der Waals surface area (Å²) in [5, 5.41) is 6.63. The molecule has 0 aromatic heterocycles. The van der Waals surface area contributed by atoms with Crippen LogP contribution in [0.15, 0.2) is 41.5 Å². The van der Waals surface area contributed by atoms with E-state index in [-0.39, 0.29) is 12.3 Å². The Morgan fingerprint density at radius 2 is 1.76 bits per heavy atom. The Morgan fingerprint density at radius 3 is 2.34 bits per heavy atom. The van der Waals surface area contributed by atoms with Gasteiger partial charge in [0.25, 0.3) is 0 Å². The zero-order valence-electron chi connectivity index (χ0n) is 17.4. The fourth-order valence-corrected chi connectivity index (χ4v) is 2.72. The molecule has 2 aromatic rings. The lowest BCUT2D eigenvalue weighted by atomic mass is 9.97. The lowest BCUT2D eigenvalue weighted by Gasteiger charge is -2.14. The number of hydrogen-bond acceptors (Lipinski definition) is 5. The van der Waals surface area contributed by atoms with E-state index in [1.807, 2.05) is 19.1 Å². The van der Waals surface area contributed by atoms with Crippen LogP contribution in [-0.2, 0) is 9.59 Å². The van der Waals surface area contributed by atoms with Gasteiger partial charge in [-0.15, -0.1) is 0 Å². The molecule has 0 unspecified atom stereocenters. The second-order valence-corrected chi connectivity index (χ2v) is 6.85.